The van der Waals surface area contributed by atoms with Gasteiger partial charge < -0.3 is 13.6 Å². The molecule has 2 rings (SSSR count). The third kappa shape index (κ3) is 4.17. The van der Waals surface area contributed by atoms with Gasteiger partial charge in [0.2, 0.25) is 0 Å². The first kappa shape index (κ1) is 16.7. The van der Waals surface area contributed by atoms with Crippen LogP contribution in [0, 0.1) is 5.92 Å². The molecule has 1 atom stereocenters. The monoisotopic (exact) mass is 322 g/mol. The number of carbonyl (C=O) groups is 2. The number of carbonyl (C=O) groups excluding carboxylic acids is 2. The standard InChI is InChI=1S/C16H22O5Si/c1-3-9-22(20-13(2)17,15-7-5-4-6-8-15)21-16(18)10-14-11-19-12-14/h4-8,14H,3,9-12H2,1-2H3. The molecule has 0 bridgehead atoms. The van der Waals surface area contributed by atoms with Crippen LogP contribution < -0.4 is 5.19 Å². The summed E-state index contributed by atoms with van der Waals surface area (Å²) >= 11 is 0. The molecule has 1 aromatic carbocycles. The van der Waals surface area contributed by atoms with Gasteiger partial charge in [-0.2, -0.15) is 0 Å². The summed E-state index contributed by atoms with van der Waals surface area (Å²) in [5.74, 6) is -0.504. The highest BCUT2D eigenvalue weighted by molar-refractivity contribution is 6.83. The molecule has 0 aliphatic carbocycles. The fourth-order valence-electron chi connectivity index (χ4n) is 2.50. The topological polar surface area (TPSA) is 61.8 Å². The van der Waals surface area contributed by atoms with Gasteiger partial charge in [0.25, 0.3) is 11.9 Å². The summed E-state index contributed by atoms with van der Waals surface area (Å²) in [5.41, 5.74) is 0. The van der Waals surface area contributed by atoms with Gasteiger partial charge >= 0.3 is 8.56 Å². The molecule has 1 heterocycles. The van der Waals surface area contributed by atoms with Crippen molar-refractivity contribution in [2.24, 2.45) is 5.92 Å². The predicted octanol–water partition coefficient (Wildman–Crippen LogP) is 1.89. The Morgan fingerprint density at radius 3 is 2.41 bits per heavy atom. The van der Waals surface area contributed by atoms with Crippen molar-refractivity contribution in [1.29, 1.82) is 0 Å². The molecular weight excluding hydrogens is 300 g/mol. The lowest BCUT2D eigenvalue weighted by Gasteiger charge is -2.31. The van der Waals surface area contributed by atoms with Crippen molar-refractivity contribution in [3.63, 3.8) is 0 Å². The van der Waals surface area contributed by atoms with Crippen LogP contribution in [0.2, 0.25) is 6.04 Å². The van der Waals surface area contributed by atoms with E-state index in [4.69, 9.17) is 13.6 Å². The second-order valence-electron chi connectivity index (χ2n) is 5.54. The summed E-state index contributed by atoms with van der Waals surface area (Å²) < 4.78 is 16.5. The number of rotatable bonds is 7. The number of hydrogen-bond donors (Lipinski definition) is 0. The van der Waals surface area contributed by atoms with Gasteiger partial charge in [-0.15, -0.1) is 0 Å². The maximum Gasteiger partial charge on any atom is 0.499 e. The zero-order valence-corrected chi connectivity index (χ0v) is 14.0. The van der Waals surface area contributed by atoms with Gasteiger partial charge in [0.05, 0.1) is 19.6 Å². The Morgan fingerprint density at radius 2 is 1.91 bits per heavy atom. The van der Waals surface area contributed by atoms with E-state index in [1.54, 1.807) is 0 Å². The molecule has 0 radical (unpaired) electrons. The van der Waals surface area contributed by atoms with E-state index in [0.29, 0.717) is 25.7 Å². The van der Waals surface area contributed by atoms with Gasteiger partial charge in [0.15, 0.2) is 0 Å². The number of hydrogen-bond acceptors (Lipinski definition) is 5. The Labute approximate surface area is 131 Å². The molecule has 1 saturated heterocycles. The summed E-state index contributed by atoms with van der Waals surface area (Å²) in [6, 6.07) is 9.90. The maximum atomic E-state index is 12.3. The molecule has 0 N–H and O–H groups in total. The van der Waals surface area contributed by atoms with E-state index in [0.717, 1.165) is 11.6 Å². The lowest BCUT2D eigenvalue weighted by molar-refractivity contribution is -0.144. The Morgan fingerprint density at radius 1 is 1.23 bits per heavy atom. The first-order valence-electron chi connectivity index (χ1n) is 7.60. The molecule has 1 aliphatic rings. The highest BCUT2D eigenvalue weighted by Gasteiger charge is 2.46. The van der Waals surface area contributed by atoms with Gasteiger partial charge in [-0.3, -0.25) is 9.59 Å². The predicted molar refractivity (Wildman–Crippen MR) is 83.7 cm³/mol. The molecule has 1 unspecified atom stereocenters. The summed E-state index contributed by atoms with van der Waals surface area (Å²) in [7, 11) is -3.09. The SMILES string of the molecule is CCC[Si](OC(C)=O)(OC(=O)CC1COC1)c1ccccc1. The van der Waals surface area contributed by atoms with E-state index in [1.807, 2.05) is 37.3 Å². The minimum absolute atomic E-state index is 0.217. The zero-order valence-electron chi connectivity index (χ0n) is 13.0. The second-order valence-corrected chi connectivity index (χ2v) is 8.54. The van der Waals surface area contributed by atoms with Crippen LogP contribution in [0.3, 0.4) is 0 Å². The quantitative estimate of drug-likeness (QED) is 0.717. The molecule has 0 spiro atoms. The summed E-state index contributed by atoms with van der Waals surface area (Å²) in [5, 5.41) is 0.810. The molecule has 0 saturated carbocycles. The van der Waals surface area contributed by atoms with Crippen LogP contribution in [0.15, 0.2) is 30.3 Å². The van der Waals surface area contributed by atoms with Gasteiger partial charge in [-0.25, -0.2) is 0 Å². The molecule has 5 nitrogen and oxygen atoms in total. The third-order valence-corrected chi connectivity index (χ3v) is 7.09. The molecule has 1 aromatic rings. The maximum absolute atomic E-state index is 12.3. The Bertz CT molecular complexity index is 515. The molecule has 0 amide bonds. The van der Waals surface area contributed by atoms with E-state index in [1.165, 1.54) is 6.92 Å². The summed E-state index contributed by atoms with van der Waals surface area (Å²) in [6.45, 7) is 4.53. The molecule has 22 heavy (non-hydrogen) atoms. The zero-order chi connectivity index (χ0) is 16.0. The van der Waals surface area contributed by atoms with E-state index in [-0.39, 0.29) is 11.9 Å². The molecule has 120 valence electrons. The fourth-order valence-corrected chi connectivity index (χ4v) is 5.55. The van der Waals surface area contributed by atoms with E-state index >= 15 is 0 Å². The van der Waals surface area contributed by atoms with Crippen molar-refractivity contribution in [3.8, 4) is 0 Å². The molecule has 0 aromatic heterocycles. The lowest BCUT2D eigenvalue weighted by atomic mass is 10.1. The second kappa shape index (κ2) is 7.55. The Kier molecular flexibility index (Phi) is 5.74. The van der Waals surface area contributed by atoms with Crippen LogP contribution in [0.25, 0.3) is 0 Å². The van der Waals surface area contributed by atoms with E-state index in [2.05, 4.69) is 0 Å². The van der Waals surface area contributed by atoms with Crippen LogP contribution >= 0.6 is 0 Å². The van der Waals surface area contributed by atoms with Crippen molar-refractivity contribution < 1.29 is 23.2 Å². The first-order chi connectivity index (χ1) is 10.6. The average molecular weight is 322 g/mol. The minimum Gasteiger partial charge on any atom is -0.482 e. The Hall–Kier alpha value is -1.66. The van der Waals surface area contributed by atoms with Gasteiger partial charge in [0.1, 0.15) is 0 Å². The number of ether oxygens (including phenoxy) is 1. The van der Waals surface area contributed by atoms with Gasteiger partial charge in [0, 0.05) is 24.1 Å². The first-order valence-corrected chi connectivity index (χ1v) is 9.63. The highest BCUT2D eigenvalue weighted by Crippen LogP contribution is 2.21. The van der Waals surface area contributed by atoms with Crippen molar-refractivity contribution >= 4 is 25.7 Å². The average Bonchev–Trinajstić information content (AvgIpc) is 2.43. The fraction of sp³-hybridized carbons (Fsp3) is 0.500. The van der Waals surface area contributed by atoms with E-state index in [9.17, 15) is 9.59 Å². The molecule has 1 aliphatic heterocycles. The molecule has 1 fully saturated rings. The lowest BCUT2D eigenvalue weighted by Crippen LogP contribution is -2.56. The van der Waals surface area contributed by atoms with Gasteiger partial charge in [-0.05, 0) is 0 Å². The summed E-state index contributed by atoms with van der Waals surface area (Å²) in [4.78, 5) is 23.8. The molecular formula is C16H22O5Si. The van der Waals surface area contributed by atoms with Gasteiger partial charge in [-0.1, -0.05) is 43.7 Å². The largest absolute Gasteiger partial charge is 0.499 e. The van der Waals surface area contributed by atoms with Crippen molar-refractivity contribution in [2.45, 2.75) is 32.7 Å². The van der Waals surface area contributed by atoms with E-state index < -0.39 is 14.5 Å². The van der Waals surface area contributed by atoms with Crippen LogP contribution in [-0.2, 0) is 23.2 Å². The van der Waals surface area contributed by atoms with Crippen molar-refractivity contribution in [3.05, 3.63) is 30.3 Å². The third-order valence-electron chi connectivity index (χ3n) is 3.54. The molecule has 6 heteroatoms. The van der Waals surface area contributed by atoms with Crippen LogP contribution in [-0.4, -0.2) is 33.7 Å². The summed E-state index contributed by atoms with van der Waals surface area (Å²) in [6.07, 6.45) is 1.08. The van der Waals surface area contributed by atoms with Crippen molar-refractivity contribution in [1.82, 2.24) is 0 Å². The van der Waals surface area contributed by atoms with Crippen LogP contribution in [0.5, 0.6) is 0 Å². The van der Waals surface area contributed by atoms with Crippen LogP contribution in [0.4, 0.5) is 0 Å². The number of benzene rings is 1. The minimum atomic E-state index is -3.09. The highest BCUT2D eigenvalue weighted by atomic mass is 28.4. The smallest absolute Gasteiger partial charge is 0.482 e. The Balaban J connectivity index is 2.21. The van der Waals surface area contributed by atoms with Crippen molar-refractivity contribution in [2.75, 3.05) is 13.2 Å². The normalized spacial score (nSPS) is 17.2. The van der Waals surface area contributed by atoms with Crippen LogP contribution in [0.1, 0.15) is 26.7 Å².